The molecule has 1 fully saturated rings. The van der Waals surface area contributed by atoms with Gasteiger partial charge in [0.25, 0.3) is 0 Å². The molecule has 1 aliphatic rings. The smallest absolute Gasteiger partial charge is 0.342 e. The Morgan fingerprint density at radius 3 is 2.75 bits per heavy atom. The van der Waals surface area contributed by atoms with Crippen LogP contribution < -0.4 is 0 Å². The Labute approximate surface area is 124 Å². The first-order valence-electron chi connectivity index (χ1n) is 6.97. The number of carbonyl (C=O) groups excluding carboxylic acids is 1. The Balaban J connectivity index is 2.10. The van der Waals surface area contributed by atoms with E-state index in [1.807, 2.05) is 0 Å². The molecule has 1 aliphatic carbocycles. The molecule has 2 atom stereocenters. The van der Waals surface area contributed by atoms with Crippen LogP contribution in [0.4, 0.5) is 0 Å². The zero-order chi connectivity index (χ0) is 14.9. The number of phenols is 1. The van der Waals surface area contributed by atoms with Crippen LogP contribution in [0.2, 0.25) is 5.02 Å². The van der Waals surface area contributed by atoms with Gasteiger partial charge in [-0.2, -0.15) is 0 Å². The van der Waals surface area contributed by atoms with E-state index < -0.39 is 5.97 Å². The van der Waals surface area contributed by atoms with Gasteiger partial charge in [0.15, 0.2) is 0 Å². The SMILES string of the molecule is CC1CC(OC(=O)c2cccc(Cl)c2O)CC(C)(C)C1. The van der Waals surface area contributed by atoms with Crippen molar-refractivity contribution in [3.05, 3.63) is 28.8 Å². The normalized spacial score (nSPS) is 25.2. The van der Waals surface area contributed by atoms with Crippen LogP contribution in [-0.4, -0.2) is 17.2 Å². The lowest BCUT2D eigenvalue weighted by molar-refractivity contribution is -0.00734. The highest BCUT2D eigenvalue weighted by Crippen LogP contribution is 2.40. The maximum Gasteiger partial charge on any atom is 0.342 e. The summed E-state index contributed by atoms with van der Waals surface area (Å²) in [5.41, 5.74) is 0.312. The number of hydrogen-bond acceptors (Lipinski definition) is 3. The molecule has 3 nitrogen and oxygen atoms in total. The summed E-state index contributed by atoms with van der Waals surface area (Å²) in [6, 6.07) is 4.70. The van der Waals surface area contributed by atoms with Crippen molar-refractivity contribution < 1.29 is 14.6 Å². The maximum atomic E-state index is 12.2. The molecule has 0 radical (unpaired) electrons. The van der Waals surface area contributed by atoms with Gasteiger partial charge in [0.2, 0.25) is 0 Å². The summed E-state index contributed by atoms with van der Waals surface area (Å²) in [7, 11) is 0. The number of carbonyl (C=O) groups is 1. The fraction of sp³-hybridized carbons (Fsp3) is 0.562. The number of hydrogen-bond donors (Lipinski definition) is 1. The average Bonchev–Trinajstić information content (AvgIpc) is 2.29. The monoisotopic (exact) mass is 296 g/mol. The van der Waals surface area contributed by atoms with Gasteiger partial charge in [-0.25, -0.2) is 4.79 Å². The van der Waals surface area contributed by atoms with Gasteiger partial charge < -0.3 is 9.84 Å². The lowest BCUT2D eigenvalue weighted by Crippen LogP contribution is -2.34. The number of halogens is 1. The highest BCUT2D eigenvalue weighted by Gasteiger charge is 2.34. The molecule has 1 N–H and O–H groups in total. The third kappa shape index (κ3) is 3.45. The molecule has 0 spiro atoms. The predicted molar refractivity (Wildman–Crippen MR) is 79.1 cm³/mol. The molecule has 0 aliphatic heterocycles. The van der Waals surface area contributed by atoms with Crippen molar-refractivity contribution in [2.75, 3.05) is 0 Å². The zero-order valence-electron chi connectivity index (χ0n) is 12.1. The van der Waals surface area contributed by atoms with E-state index in [1.54, 1.807) is 12.1 Å². The Bertz CT molecular complexity index is 510. The summed E-state index contributed by atoms with van der Waals surface area (Å²) in [5.74, 6) is -0.174. The average molecular weight is 297 g/mol. The Morgan fingerprint density at radius 1 is 1.40 bits per heavy atom. The van der Waals surface area contributed by atoms with Crippen molar-refractivity contribution in [3.63, 3.8) is 0 Å². The molecule has 110 valence electrons. The minimum absolute atomic E-state index is 0.0976. The highest BCUT2D eigenvalue weighted by atomic mass is 35.5. The van der Waals surface area contributed by atoms with Gasteiger partial charge in [-0.1, -0.05) is 38.4 Å². The van der Waals surface area contributed by atoms with Gasteiger partial charge in [0, 0.05) is 0 Å². The van der Waals surface area contributed by atoms with E-state index in [2.05, 4.69) is 20.8 Å². The predicted octanol–water partition coefficient (Wildman–Crippen LogP) is 4.42. The molecule has 0 saturated heterocycles. The van der Waals surface area contributed by atoms with Crippen molar-refractivity contribution >= 4 is 17.6 Å². The van der Waals surface area contributed by atoms with Gasteiger partial charge in [-0.05, 0) is 42.7 Å². The van der Waals surface area contributed by atoms with Crippen molar-refractivity contribution in [2.45, 2.75) is 46.1 Å². The Hall–Kier alpha value is -1.22. The molecule has 4 heteroatoms. The van der Waals surface area contributed by atoms with Crippen LogP contribution in [0.1, 0.15) is 50.4 Å². The van der Waals surface area contributed by atoms with Crippen LogP contribution in [0, 0.1) is 11.3 Å². The van der Waals surface area contributed by atoms with Crippen molar-refractivity contribution in [1.29, 1.82) is 0 Å². The van der Waals surface area contributed by atoms with Crippen LogP contribution in [0.5, 0.6) is 5.75 Å². The number of esters is 1. The summed E-state index contributed by atoms with van der Waals surface area (Å²) in [5, 5.41) is 9.98. The molecule has 1 aromatic carbocycles. The van der Waals surface area contributed by atoms with E-state index in [0.29, 0.717) is 5.92 Å². The van der Waals surface area contributed by atoms with Gasteiger partial charge in [-0.15, -0.1) is 0 Å². The lowest BCUT2D eigenvalue weighted by Gasteiger charge is -2.38. The van der Waals surface area contributed by atoms with Gasteiger partial charge in [-0.3, -0.25) is 0 Å². The van der Waals surface area contributed by atoms with E-state index in [4.69, 9.17) is 16.3 Å². The second kappa shape index (κ2) is 5.65. The molecule has 2 rings (SSSR count). The van der Waals surface area contributed by atoms with E-state index in [9.17, 15) is 9.90 Å². The van der Waals surface area contributed by atoms with Crippen LogP contribution in [0.15, 0.2) is 18.2 Å². The summed E-state index contributed by atoms with van der Waals surface area (Å²) in [6.07, 6.45) is 2.77. The molecular weight excluding hydrogens is 276 g/mol. The minimum atomic E-state index is -0.500. The van der Waals surface area contributed by atoms with E-state index >= 15 is 0 Å². The van der Waals surface area contributed by atoms with Crippen molar-refractivity contribution in [1.82, 2.24) is 0 Å². The van der Waals surface area contributed by atoms with Crippen LogP contribution in [0.3, 0.4) is 0 Å². The Morgan fingerprint density at radius 2 is 2.10 bits per heavy atom. The molecule has 0 aromatic heterocycles. The third-order valence-corrected chi connectivity index (χ3v) is 4.13. The number of aromatic hydroxyl groups is 1. The summed E-state index contributed by atoms with van der Waals surface area (Å²) in [4.78, 5) is 12.2. The largest absolute Gasteiger partial charge is 0.505 e. The zero-order valence-corrected chi connectivity index (χ0v) is 12.9. The second-order valence-corrected chi connectivity index (χ2v) is 6.98. The van der Waals surface area contributed by atoms with Crippen molar-refractivity contribution in [2.24, 2.45) is 11.3 Å². The van der Waals surface area contributed by atoms with Gasteiger partial charge >= 0.3 is 5.97 Å². The second-order valence-electron chi connectivity index (χ2n) is 6.58. The van der Waals surface area contributed by atoms with E-state index in [-0.39, 0.29) is 27.9 Å². The number of para-hydroxylation sites is 1. The number of benzene rings is 1. The summed E-state index contributed by atoms with van der Waals surface area (Å²) in [6.45, 7) is 6.57. The van der Waals surface area contributed by atoms with Crippen LogP contribution in [-0.2, 0) is 4.74 Å². The highest BCUT2D eigenvalue weighted by molar-refractivity contribution is 6.32. The molecule has 1 saturated carbocycles. The molecule has 0 bridgehead atoms. The van der Waals surface area contributed by atoms with Crippen molar-refractivity contribution in [3.8, 4) is 5.75 Å². The standard InChI is InChI=1S/C16H21ClO3/c1-10-7-11(9-16(2,3)8-10)20-15(19)12-5-4-6-13(17)14(12)18/h4-6,10-11,18H,7-9H2,1-3H3. The summed E-state index contributed by atoms with van der Waals surface area (Å²) >= 11 is 5.81. The van der Waals surface area contributed by atoms with E-state index in [0.717, 1.165) is 19.3 Å². The number of ether oxygens (including phenoxy) is 1. The molecule has 0 heterocycles. The molecule has 1 aromatic rings. The molecular formula is C16H21ClO3. The Kier molecular flexibility index (Phi) is 4.28. The first-order chi connectivity index (χ1) is 9.28. The first kappa shape index (κ1) is 15.2. The first-order valence-corrected chi connectivity index (χ1v) is 7.35. The maximum absolute atomic E-state index is 12.2. The number of phenolic OH excluding ortho intramolecular Hbond substituents is 1. The van der Waals surface area contributed by atoms with Gasteiger partial charge in [0.1, 0.15) is 17.4 Å². The fourth-order valence-electron chi connectivity index (χ4n) is 3.24. The van der Waals surface area contributed by atoms with Crippen LogP contribution in [0.25, 0.3) is 0 Å². The third-order valence-electron chi connectivity index (χ3n) is 3.83. The molecule has 0 amide bonds. The number of rotatable bonds is 2. The van der Waals surface area contributed by atoms with Crippen LogP contribution >= 0.6 is 11.6 Å². The molecule has 2 unspecified atom stereocenters. The van der Waals surface area contributed by atoms with Gasteiger partial charge in [0.05, 0.1) is 5.02 Å². The molecule has 20 heavy (non-hydrogen) atoms. The lowest BCUT2D eigenvalue weighted by atomic mass is 9.71. The quantitative estimate of drug-likeness (QED) is 0.822. The fourth-order valence-corrected chi connectivity index (χ4v) is 3.42. The minimum Gasteiger partial charge on any atom is -0.505 e. The summed E-state index contributed by atoms with van der Waals surface area (Å²) < 4.78 is 5.56. The van der Waals surface area contributed by atoms with E-state index in [1.165, 1.54) is 6.07 Å². The topological polar surface area (TPSA) is 46.5 Å².